The highest BCUT2D eigenvalue weighted by atomic mass is 35.5. The number of hydrogen-bond acceptors (Lipinski definition) is 2. The van der Waals surface area contributed by atoms with Gasteiger partial charge in [0.25, 0.3) is 0 Å². The molecule has 3 aliphatic carbocycles. The minimum Gasteiger partial charge on any atom is -0.378 e. The molecule has 5 atom stereocenters. The maximum absolute atomic E-state index is 13.5. The predicted molar refractivity (Wildman–Crippen MR) is 115 cm³/mol. The molecule has 28 heavy (non-hydrogen) atoms. The number of carbonyl (C=O) groups excluding carboxylic acids is 1. The van der Waals surface area contributed by atoms with E-state index in [1.807, 2.05) is 20.2 Å². The van der Waals surface area contributed by atoms with E-state index in [2.05, 4.69) is 21.9 Å². The molecule has 4 aliphatic rings. The van der Waals surface area contributed by atoms with Gasteiger partial charge in [-0.1, -0.05) is 30.5 Å². The van der Waals surface area contributed by atoms with Gasteiger partial charge in [0, 0.05) is 42.8 Å². The van der Waals surface area contributed by atoms with Gasteiger partial charge in [-0.2, -0.15) is 0 Å². The number of rotatable bonds is 4. The van der Waals surface area contributed by atoms with Gasteiger partial charge in [-0.3, -0.25) is 4.79 Å². The molecule has 152 valence electrons. The van der Waals surface area contributed by atoms with E-state index < -0.39 is 0 Å². The van der Waals surface area contributed by atoms with Gasteiger partial charge >= 0.3 is 0 Å². The van der Waals surface area contributed by atoms with E-state index >= 15 is 0 Å². The van der Waals surface area contributed by atoms with Crippen molar-refractivity contribution in [3.05, 3.63) is 28.8 Å². The van der Waals surface area contributed by atoms with E-state index in [1.165, 1.54) is 44.9 Å². The zero-order valence-corrected chi connectivity index (χ0v) is 18.0. The van der Waals surface area contributed by atoms with Gasteiger partial charge in [0.2, 0.25) is 5.91 Å². The van der Waals surface area contributed by atoms with Crippen molar-refractivity contribution in [3.63, 3.8) is 0 Å². The Morgan fingerprint density at radius 2 is 2.00 bits per heavy atom. The highest BCUT2D eigenvalue weighted by molar-refractivity contribution is 6.31. The number of nitrogens with zero attached hydrogens (tertiary/aromatic N) is 2. The summed E-state index contributed by atoms with van der Waals surface area (Å²) in [6, 6.07) is 6.25. The van der Waals surface area contributed by atoms with Crippen LogP contribution in [0, 0.1) is 23.7 Å². The molecule has 1 aromatic rings. The average molecular weight is 401 g/mol. The fraction of sp³-hybridized carbons (Fsp3) is 0.708. The maximum Gasteiger partial charge on any atom is 0.226 e. The standard InChI is InChI=1S/C24H33ClN2O/c1-26(2)21-6-5-18(22(25)13-21)12-19-7-9-27(23(19)28)24-8-3-4-17-10-16(14-24)11-20(17)15-24/h5-6,13,16-17,19-20H,3-4,7-12,14-15H2,1-2H3. The van der Waals surface area contributed by atoms with Gasteiger partial charge in [-0.25, -0.2) is 0 Å². The average Bonchev–Trinajstić information content (AvgIpc) is 3.12. The summed E-state index contributed by atoms with van der Waals surface area (Å²) in [5, 5.41) is 0.795. The van der Waals surface area contributed by atoms with Crippen LogP contribution >= 0.6 is 11.6 Å². The molecule has 3 saturated carbocycles. The van der Waals surface area contributed by atoms with Gasteiger partial charge in [-0.05, 0) is 80.4 Å². The highest BCUT2D eigenvalue weighted by Gasteiger charge is 2.54. The Kier molecular flexibility index (Phi) is 4.65. The second-order valence-electron chi connectivity index (χ2n) is 10.2. The topological polar surface area (TPSA) is 23.6 Å². The second kappa shape index (κ2) is 6.93. The maximum atomic E-state index is 13.5. The van der Waals surface area contributed by atoms with Crippen molar-refractivity contribution in [2.75, 3.05) is 25.5 Å². The third-order valence-electron chi connectivity index (χ3n) is 8.38. The van der Waals surface area contributed by atoms with Crippen molar-refractivity contribution >= 4 is 23.2 Å². The van der Waals surface area contributed by atoms with E-state index in [4.69, 9.17) is 11.6 Å². The third kappa shape index (κ3) is 3.05. The molecule has 3 nitrogen and oxygen atoms in total. The molecule has 3 bridgehead atoms. The minimum absolute atomic E-state index is 0.107. The summed E-state index contributed by atoms with van der Waals surface area (Å²) in [5.41, 5.74) is 2.41. The van der Waals surface area contributed by atoms with Gasteiger partial charge in [0.05, 0.1) is 0 Å². The van der Waals surface area contributed by atoms with E-state index in [0.29, 0.717) is 5.91 Å². The fourth-order valence-electron chi connectivity index (χ4n) is 7.11. The van der Waals surface area contributed by atoms with E-state index in [9.17, 15) is 4.79 Å². The summed E-state index contributed by atoms with van der Waals surface area (Å²) in [7, 11) is 4.05. The molecule has 1 saturated heterocycles. The first kappa shape index (κ1) is 18.8. The Labute approximate surface area is 174 Å². The van der Waals surface area contributed by atoms with Crippen LogP contribution < -0.4 is 4.90 Å². The number of amides is 1. The molecule has 0 radical (unpaired) electrons. The van der Waals surface area contributed by atoms with Crippen LogP contribution in [0.1, 0.15) is 56.9 Å². The summed E-state index contributed by atoms with van der Waals surface area (Å²) in [6.45, 7) is 0.959. The van der Waals surface area contributed by atoms with Crippen molar-refractivity contribution in [1.29, 1.82) is 0 Å². The summed E-state index contributed by atoms with van der Waals surface area (Å²) >= 11 is 6.56. The van der Waals surface area contributed by atoms with Gasteiger partial charge in [0.1, 0.15) is 0 Å². The summed E-state index contributed by atoms with van der Waals surface area (Å²) < 4.78 is 0. The molecule has 5 unspecified atom stereocenters. The van der Waals surface area contributed by atoms with Crippen LogP contribution in [-0.4, -0.2) is 37.0 Å². The van der Waals surface area contributed by atoms with Crippen molar-refractivity contribution in [1.82, 2.24) is 4.90 Å². The molecule has 4 fully saturated rings. The van der Waals surface area contributed by atoms with Crippen LogP contribution in [0.25, 0.3) is 0 Å². The Bertz CT molecular complexity index is 778. The lowest BCUT2D eigenvalue weighted by Crippen LogP contribution is -2.53. The Morgan fingerprint density at radius 3 is 2.79 bits per heavy atom. The van der Waals surface area contributed by atoms with Crippen LogP contribution in [-0.2, 0) is 11.2 Å². The molecule has 0 spiro atoms. The van der Waals surface area contributed by atoms with E-state index in [1.54, 1.807) is 0 Å². The number of benzene rings is 1. The lowest BCUT2D eigenvalue weighted by Gasteiger charge is -2.47. The number of likely N-dealkylation sites (tertiary alicyclic amines) is 1. The Morgan fingerprint density at radius 1 is 1.18 bits per heavy atom. The van der Waals surface area contributed by atoms with Crippen LogP contribution in [0.15, 0.2) is 18.2 Å². The molecule has 1 aliphatic heterocycles. The summed E-state index contributed by atoms with van der Waals surface area (Å²) in [4.78, 5) is 17.9. The van der Waals surface area contributed by atoms with Crippen molar-refractivity contribution in [2.45, 2.75) is 63.3 Å². The number of fused-ring (bicyclic) bond motifs is 2. The third-order valence-corrected chi connectivity index (χ3v) is 8.73. The zero-order chi connectivity index (χ0) is 19.5. The first-order chi connectivity index (χ1) is 13.4. The SMILES string of the molecule is CN(C)c1ccc(CC2CCN(C34CCCC5CC(CC5C3)C4)C2=O)c(Cl)c1. The van der Waals surface area contributed by atoms with Crippen molar-refractivity contribution < 1.29 is 4.79 Å². The first-order valence-corrected chi connectivity index (χ1v) is 11.6. The van der Waals surface area contributed by atoms with Crippen LogP contribution in [0.5, 0.6) is 0 Å². The van der Waals surface area contributed by atoms with Gasteiger partial charge in [0.15, 0.2) is 0 Å². The normalized spacial score (nSPS) is 36.8. The highest BCUT2D eigenvalue weighted by Crippen LogP contribution is 2.57. The first-order valence-electron chi connectivity index (χ1n) is 11.2. The van der Waals surface area contributed by atoms with Crippen LogP contribution in [0.3, 0.4) is 0 Å². The van der Waals surface area contributed by atoms with Crippen LogP contribution in [0.2, 0.25) is 5.02 Å². The number of halogens is 1. The number of anilines is 1. The van der Waals surface area contributed by atoms with Crippen molar-refractivity contribution in [2.24, 2.45) is 23.7 Å². The molecule has 4 heteroatoms. The molecule has 1 heterocycles. The van der Waals surface area contributed by atoms with E-state index in [0.717, 1.165) is 53.4 Å². The lowest BCUT2D eigenvalue weighted by atomic mass is 9.72. The van der Waals surface area contributed by atoms with Crippen molar-refractivity contribution in [3.8, 4) is 0 Å². The smallest absolute Gasteiger partial charge is 0.226 e. The second-order valence-corrected chi connectivity index (χ2v) is 10.6. The molecule has 0 aromatic heterocycles. The molecule has 5 rings (SSSR count). The van der Waals surface area contributed by atoms with Crippen LogP contribution in [0.4, 0.5) is 5.69 Å². The summed E-state index contributed by atoms with van der Waals surface area (Å²) in [5.74, 6) is 3.24. The van der Waals surface area contributed by atoms with Gasteiger partial charge < -0.3 is 9.80 Å². The number of hydrogen-bond donors (Lipinski definition) is 0. The zero-order valence-electron chi connectivity index (χ0n) is 17.3. The molecule has 1 amide bonds. The van der Waals surface area contributed by atoms with E-state index in [-0.39, 0.29) is 11.5 Å². The van der Waals surface area contributed by atoms with Gasteiger partial charge in [-0.15, -0.1) is 0 Å². The largest absolute Gasteiger partial charge is 0.378 e. The lowest BCUT2D eigenvalue weighted by molar-refractivity contribution is -0.139. The minimum atomic E-state index is 0.107. The summed E-state index contributed by atoms with van der Waals surface area (Å²) in [6.07, 6.45) is 11.2. The molecule has 0 N–H and O–H groups in total. The Hall–Kier alpha value is -1.22. The Balaban J connectivity index is 1.33. The number of carbonyl (C=O) groups is 1. The monoisotopic (exact) mass is 400 g/mol. The molecular formula is C24H33ClN2O. The predicted octanol–water partition coefficient (Wildman–Crippen LogP) is 5.16. The quantitative estimate of drug-likeness (QED) is 0.697. The fourth-order valence-corrected chi connectivity index (χ4v) is 7.37. The molecule has 1 aromatic carbocycles. The molecular weight excluding hydrogens is 368 g/mol.